The first-order chi connectivity index (χ1) is 11.7. The molecule has 0 spiro atoms. The number of amides is 1. The van der Waals surface area contributed by atoms with Gasteiger partial charge in [0.2, 0.25) is 11.8 Å². The van der Waals surface area contributed by atoms with Crippen LogP contribution in [-0.4, -0.2) is 15.9 Å². The number of nitrogens with zero attached hydrogens (tertiary/aromatic N) is 2. The summed E-state index contributed by atoms with van der Waals surface area (Å²) in [5.41, 5.74) is 1.41. The van der Waals surface area contributed by atoms with Gasteiger partial charge in [-0.2, -0.15) is 0 Å². The Balaban J connectivity index is 1.66. The average Bonchev–Trinajstić information content (AvgIpc) is 2.58. The first kappa shape index (κ1) is 16.0. The summed E-state index contributed by atoms with van der Waals surface area (Å²) < 4.78 is 5.59. The van der Waals surface area contributed by atoms with Crippen molar-refractivity contribution in [1.82, 2.24) is 9.97 Å². The Labute approximate surface area is 144 Å². The summed E-state index contributed by atoms with van der Waals surface area (Å²) >= 11 is 6.07. The van der Waals surface area contributed by atoms with E-state index in [1.165, 1.54) is 6.20 Å². The molecule has 120 valence electrons. The predicted octanol–water partition coefficient (Wildman–Crippen LogP) is 4.10. The second kappa shape index (κ2) is 7.57. The lowest BCUT2D eigenvalue weighted by molar-refractivity contribution is -0.115. The SMILES string of the molecule is O=C(Cc1ccccc1Cl)Nc1cccc(Oc2cnccn2)c1. The van der Waals surface area contributed by atoms with Gasteiger partial charge in [-0.15, -0.1) is 0 Å². The second-order valence-electron chi connectivity index (χ2n) is 4.99. The molecule has 2 aromatic carbocycles. The van der Waals surface area contributed by atoms with E-state index >= 15 is 0 Å². The van der Waals surface area contributed by atoms with Crippen molar-refractivity contribution in [3.63, 3.8) is 0 Å². The van der Waals surface area contributed by atoms with Crippen LogP contribution >= 0.6 is 11.6 Å². The van der Waals surface area contributed by atoms with Crippen LogP contribution in [0.2, 0.25) is 5.02 Å². The lowest BCUT2D eigenvalue weighted by atomic mass is 10.1. The number of halogens is 1. The summed E-state index contributed by atoms with van der Waals surface area (Å²) in [6.45, 7) is 0. The maximum atomic E-state index is 12.2. The van der Waals surface area contributed by atoms with Crippen LogP contribution in [0.3, 0.4) is 0 Å². The molecule has 3 rings (SSSR count). The van der Waals surface area contributed by atoms with Crippen molar-refractivity contribution < 1.29 is 9.53 Å². The zero-order valence-electron chi connectivity index (χ0n) is 12.6. The molecule has 3 aromatic rings. The number of rotatable bonds is 5. The van der Waals surface area contributed by atoms with Crippen LogP contribution in [0.1, 0.15) is 5.56 Å². The lowest BCUT2D eigenvalue weighted by Gasteiger charge is -2.09. The molecule has 0 fully saturated rings. The van der Waals surface area contributed by atoms with Gasteiger partial charge in [0.25, 0.3) is 0 Å². The number of anilines is 1. The largest absolute Gasteiger partial charge is 0.437 e. The molecule has 5 nitrogen and oxygen atoms in total. The van der Waals surface area contributed by atoms with E-state index < -0.39 is 0 Å². The molecule has 0 atom stereocenters. The molecule has 6 heteroatoms. The van der Waals surface area contributed by atoms with Gasteiger partial charge in [0.05, 0.1) is 12.6 Å². The fourth-order valence-corrected chi connectivity index (χ4v) is 2.32. The number of benzene rings is 2. The first-order valence-electron chi connectivity index (χ1n) is 7.28. The molecule has 0 saturated carbocycles. The summed E-state index contributed by atoms with van der Waals surface area (Å²) in [6, 6.07) is 14.3. The monoisotopic (exact) mass is 339 g/mol. The van der Waals surface area contributed by atoms with Gasteiger partial charge in [0.1, 0.15) is 5.75 Å². The number of ether oxygens (including phenoxy) is 1. The third-order valence-electron chi connectivity index (χ3n) is 3.19. The number of carbonyl (C=O) groups is 1. The summed E-state index contributed by atoms with van der Waals surface area (Å²) in [5, 5.41) is 3.41. The van der Waals surface area contributed by atoms with Gasteiger partial charge in [0.15, 0.2) is 0 Å². The van der Waals surface area contributed by atoms with E-state index in [4.69, 9.17) is 16.3 Å². The van der Waals surface area contributed by atoms with E-state index in [1.54, 1.807) is 42.7 Å². The molecule has 0 bridgehead atoms. The normalized spacial score (nSPS) is 10.2. The second-order valence-corrected chi connectivity index (χ2v) is 5.40. The highest BCUT2D eigenvalue weighted by molar-refractivity contribution is 6.31. The third kappa shape index (κ3) is 4.30. The molecule has 0 radical (unpaired) electrons. The number of hydrogen-bond acceptors (Lipinski definition) is 4. The molecule has 0 unspecified atom stereocenters. The zero-order valence-corrected chi connectivity index (χ0v) is 13.4. The molecule has 24 heavy (non-hydrogen) atoms. The molecule has 1 N–H and O–H groups in total. The molecule has 0 saturated heterocycles. The molecule has 1 heterocycles. The van der Waals surface area contributed by atoms with Crippen LogP contribution in [0.4, 0.5) is 5.69 Å². The average molecular weight is 340 g/mol. The van der Waals surface area contributed by atoms with Crippen LogP contribution in [0.25, 0.3) is 0 Å². The maximum Gasteiger partial charge on any atom is 0.237 e. The summed E-state index contributed by atoms with van der Waals surface area (Å²) in [5.74, 6) is 0.794. The minimum absolute atomic E-state index is 0.153. The highest BCUT2D eigenvalue weighted by atomic mass is 35.5. The van der Waals surface area contributed by atoms with Gasteiger partial charge >= 0.3 is 0 Å². The Morgan fingerprint density at radius 2 is 2.00 bits per heavy atom. The van der Waals surface area contributed by atoms with Crippen LogP contribution in [-0.2, 0) is 11.2 Å². The fourth-order valence-electron chi connectivity index (χ4n) is 2.12. The molecular formula is C18H14ClN3O2. The fraction of sp³-hybridized carbons (Fsp3) is 0.0556. The number of nitrogens with one attached hydrogen (secondary N) is 1. The smallest absolute Gasteiger partial charge is 0.237 e. The Hall–Kier alpha value is -2.92. The van der Waals surface area contributed by atoms with Crippen molar-refractivity contribution in [1.29, 1.82) is 0 Å². The standard InChI is InChI=1S/C18H14ClN3O2/c19-16-7-2-1-4-13(16)10-17(23)22-14-5-3-6-15(11-14)24-18-12-20-8-9-21-18/h1-9,11-12H,10H2,(H,22,23). The minimum Gasteiger partial charge on any atom is -0.437 e. The van der Waals surface area contributed by atoms with Crippen LogP contribution in [0, 0.1) is 0 Å². The van der Waals surface area contributed by atoms with E-state index in [9.17, 15) is 4.79 Å². The van der Waals surface area contributed by atoms with Crippen molar-refractivity contribution in [2.45, 2.75) is 6.42 Å². The van der Waals surface area contributed by atoms with Gasteiger partial charge < -0.3 is 10.1 Å². The van der Waals surface area contributed by atoms with Crippen LogP contribution < -0.4 is 10.1 Å². The third-order valence-corrected chi connectivity index (χ3v) is 3.56. The predicted molar refractivity (Wildman–Crippen MR) is 92.3 cm³/mol. The van der Waals surface area contributed by atoms with E-state index in [0.29, 0.717) is 22.3 Å². The Morgan fingerprint density at radius 3 is 2.79 bits per heavy atom. The first-order valence-corrected chi connectivity index (χ1v) is 7.66. The van der Waals surface area contributed by atoms with E-state index in [1.807, 2.05) is 18.2 Å². The van der Waals surface area contributed by atoms with Crippen molar-refractivity contribution >= 4 is 23.2 Å². The van der Waals surface area contributed by atoms with Crippen molar-refractivity contribution in [2.75, 3.05) is 5.32 Å². The van der Waals surface area contributed by atoms with E-state index in [2.05, 4.69) is 15.3 Å². The Morgan fingerprint density at radius 1 is 1.12 bits per heavy atom. The quantitative estimate of drug-likeness (QED) is 0.760. The zero-order chi connectivity index (χ0) is 16.8. The highest BCUT2D eigenvalue weighted by Gasteiger charge is 2.08. The number of hydrogen-bond donors (Lipinski definition) is 1. The number of aromatic nitrogens is 2. The van der Waals surface area contributed by atoms with Crippen molar-refractivity contribution in [2.24, 2.45) is 0 Å². The Kier molecular flexibility index (Phi) is 5.03. The summed E-state index contributed by atoms with van der Waals surface area (Å²) in [4.78, 5) is 20.2. The lowest BCUT2D eigenvalue weighted by Crippen LogP contribution is -2.14. The van der Waals surface area contributed by atoms with Gasteiger partial charge in [0, 0.05) is 29.2 Å². The summed E-state index contributed by atoms with van der Waals surface area (Å²) in [7, 11) is 0. The minimum atomic E-state index is -0.153. The van der Waals surface area contributed by atoms with Crippen molar-refractivity contribution in [3.05, 3.63) is 77.7 Å². The van der Waals surface area contributed by atoms with E-state index in [0.717, 1.165) is 5.56 Å². The molecule has 0 aliphatic heterocycles. The maximum absolute atomic E-state index is 12.2. The van der Waals surface area contributed by atoms with Gasteiger partial charge in [-0.05, 0) is 23.8 Å². The summed E-state index contributed by atoms with van der Waals surface area (Å²) in [6.07, 6.45) is 4.83. The highest BCUT2D eigenvalue weighted by Crippen LogP contribution is 2.22. The molecule has 0 aliphatic rings. The van der Waals surface area contributed by atoms with Crippen molar-refractivity contribution in [3.8, 4) is 11.6 Å². The number of carbonyl (C=O) groups excluding carboxylic acids is 1. The van der Waals surface area contributed by atoms with Crippen LogP contribution in [0.5, 0.6) is 11.6 Å². The van der Waals surface area contributed by atoms with E-state index in [-0.39, 0.29) is 12.3 Å². The Bertz CT molecular complexity index is 840. The van der Waals surface area contributed by atoms with Gasteiger partial charge in [-0.3, -0.25) is 9.78 Å². The van der Waals surface area contributed by atoms with Crippen LogP contribution in [0.15, 0.2) is 67.1 Å². The molecule has 1 aromatic heterocycles. The topological polar surface area (TPSA) is 64.1 Å². The van der Waals surface area contributed by atoms with Gasteiger partial charge in [-0.25, -0.2) is 4.98 Å². The molecule has 0 aliphatic carbocycles. The molecule has 1 amide bonds. The van der Waals surface area contributed by atoms with Gasteiger partial charge in [-0.1, -0.05) is 35.9 Å². The molecular weight excluding hydrogens is 326 g/mol.